The van der Waals surface area contributed by atoms with Gasteiger partial charge in [0.05, 0.1) is 6.04 Å². The highest BCUT2D eigenvalue weighted by Crippen LogP contribution is 2.16. The van der Waals surface area contributed by atoms with Gasteiger partial charge in [-0.25, -0.2) is 0 Å². The lowest BCUT2D eigenvalue weighted by molar-refractivity contribution is 0.0920. The Bertz CT molecular complexity index is 973. The molecule has 0 fully saturated rings. The number of ether oxygens (including phenoxy) is 1. The Kier molecular flexibility index (Phi) is 6.57. The number of rotatable bonds is 7. The molecule has 1 amide bonds. The number of thiocarbonyl (C=S) groups is 1. The number of carbonyl (C=O) groups is 1. The van der Waals surface area contributed by atoms with Crippen molar-refractivity contribution in [3.8, 4) is 5.75 Å². The van der Waals surface area contributed by atoms with Crippen LogP contribution >= 0.6 is 12.2 Å². The van der Waals surface area contributed by atoms with Gasteiger partial charge in [-0.05, 0) is 53.6 Å². The Morgan fingerprint density at radius 2 is 1.71 bits per heavy atom. The zero-order valence-electron chi connectivity index (χ0n) is 15.5. The highest BCUT2D eigenvalue weighted by atomic mass is 32.1. The molecule has 6 heteroatoms. The molecule has 3 aromatic carbocycles. The van der Waals surface area contributed by atoms with Crippen molar-refractivity contribution in [3.05, 3.63) is 77.9 Å². The minimum atomic E-state index is -0.115. The van der Waals surface area contributed by atoms with Gasteiger partial charge >= 0.3 is 0 Å². The molecular formula is C22H22N2O3S. The lowest BCUT2D eigenvalue weighted by Crippen LogP contribution is -2.38. The number of hydroxylamine groups is 1. The van der Waals surface area contributed by atoms with E-state index in [1.807, 2.05) is 54.9 Å². The summed E-state index contributed by atoms with van der Waals surface area (Å²) in [6, 6.07) is 20.6. The average Bonchev–Trinajstić information content (AvgIpc) is 2.75. The summed E-state index contributed by atoms with van der Waals surface area (Å²) in [6.45, 7) is 2.36. The summed E-state index contributed by atoms with van der Waals surface area (Å²) in [5, 5.41) is 14.0. The van der Waals surface area contributed by atoms with E-state index in [9.17, 15) is 4.79 Å². The molecule has 5 nitrogen and oxygen atoms in total. The number of fused-ring (bicyclic) bond motifs is 1. The normalized spacial score (nSPS) is 11.6. The minimum Gasteiger partial charge on any atom is -0.491 e. The van der Waals surface area contributed by atoms with Gasteiger partial charge in [0.1, 0.15) is 17.3 Å². The SMILES string of the molecule is CC[C@@H](COc1ccc(C(=S)NO)cc1)NC(=O)c1ccc2ccccc2c1. The number of nitrogens with one attached hydrogen (secondary N) is 2. The third-order valence-corrected chi connectivity index (χ3v) is 4.84. The highest BCUT2D eigenvalue weighted by Gasteiger charge is 2.13. The number of benzene rings is 3. The van der Waals surface area contributed by atoms with Crippen molar-refractivity contribution in [2.24, 2.45) is 0 Å². The zero-order chi connectivity index (χ0) is 19.9. The van der Waals surface area contributed by atoms with E-state index < -0.39 is 0 Å². The van der Waals surface area contributed by atoms with E-state index in [1.54, 1.807) is 24.3 Å². The maximum atomic E-state index is 12.6. The Morgan fingerprint density at radius 3 is 2.39 bits per heavy atom. The summed E-state index contributed by atoms with van der Waals surface area (Å²) < 4.78 is 5.79. The molecule has 28 heavy (non-hydrogen) atoms. The average molecular weight is 394 g/mol. The lowest BCUT2D eigenvalue weighted by atomic mass is 10.1. The maximum absolute atomic E-state index is 12.6. The van der Waals surface area contributed by atoms with Crippen LogP contribution in [0.3, 0.4) is 0 Å². The van der Waals surface area contributed by atoms with Crippen molar-refractivity contribution in [2.45, 2.75) is 19.4 Å². The molecule has 0 aliphatic rings. The van der Waals surface area contributed by atoms with Crippen LogP contribution in [0.1, 0.15) is 29.3 Å². The van der Waals surface area contributed by atoms with Crippen LogP contribution < -0.4 is 15.5 Å². The third kappa shape index (κ3) is 4.85. The Morgan fingerprint density at radius 1 is 1.04 bits per heavy atom. The first-order valence-electron chi connectivity index (χ1n) is 9.07. The minimum absolute atomic E-state index is 0.112. The monoisotopic (exact) mass is 394 g/mol. The summed E-state index contributed by atoms with van der Waals surface area (Å²) in [7, 11) is 0. The van der Waals surface area contributed by atoms with Crippen LogP contribution in [0.2, 0.25) is 0 Å². The zero-order valence-corrected chi connectivity index (χ0v) is 16.3. The molecule has 1 atom stereocenters. The van der Waals surface area contributed by atoms with E-state index in [0.717, 1.165) is 17.2 Å². The van der Waals surface area contributed by atoms with Crippen molar-refractivity contribution >= 4 is 33.9 Å². The first-order chi connectivity index (χ1) is 13.6. The standard InChI is InChI=1S/C22H22N2O3S/c1-2-19(14-27-20-11-9-16(10-12-20)22(28)24-26)23-21(25)18-8-7-15-5-3-4-6-17(15)13-18/h3-13,19,26H,2,14H2,1H3,(H,23,25)(H,24,28)/t19-/m0/s1. The van der Waals surface area contributed by atoms with E-state index in [2.05, 4.69) is 5.32 Å². The fourth-order valence-corrected chi connectivity index (χ4v) is 2.96. The molecular weight excluding hydrogens is 372 g/mol. The summed E-state index contributed by atoms with van der Waals surface area (Å²) in [4.78, 5) is 12.9. The first-order valence-corrected chi connectivity index (χ1v) is 9.48. The van der Waals surface area contributed by atoms with E-state index in [0.29, 0.717) is 23.5 Å². The van der Waals surface area contributed by atoms with Crippen LogP contribution in [0.5, 0.6) is 5.75 Å². The molecule has 0 heterocycles. The van der Waals surface area contributed by atoms with E-state index in [1.165, 1.54) is 0 Å². The second-order valence-corrected chi connectivity index (χ2v) is 6.83. The lowest BCUT2D eigenvalue weighted by Gasteiger charge is -2.18. The van der Waals surface area contributed by atoms with Gasteiger partial charge in [-0.15, -0.1) is 0 Å². The Hall–Kier alpha value is -2.96. The molecule has 0 saturated heterocycles. The van der Waals surface area contributed by atoms with Crippen LogP contribution in [0.4, 0.5) is 0 Å². The molecule has 0 aliphatic carbocycles. The van der Waals surface area contributed by atoms with Crippen LogP contribution in [-0.2, 0) is 0 Å². The summed E-state index contributed by atoms with van der Waals surface area (Å²) >= 11 is 4.96. The Labute approximate surface area is 169 Å². The first kappa shape index (κ1) is 19.8. The molecule has 0 radical (unpaired) electrons. The molecule has 0 bridgehead atoms. The van der Waals surface area contributed by atoms with E-state index >= 15 is 0 Å². The van der Waals surface area contributed by atoms with Crippen molar-refractivity contribution in [2.75, 3.05) is 6.61 Å². The van der Waals surface area contributed by atoms with E-state index in [-0.39, 0.29) is 16.9 Å². The number of carbonyl (C=O) groups excluding carboxylic acids is 1. The number of amides is 1. The summed E-state index contributed by atoms with van der Waals surface area (Å²) in [6.07, 6.45) is 0.746. The van der Waals surface area contributed by atoms with Crippen LogP contribution in [0, 0.1) is 0 Å². The predicted octanol–water partition coefficient (Wildman–Crippen LogP) is 4.08. The summed E-state index contributed by atoms with van der Waals surface area (Å²) in [5.74, 6) is 0.554. The van der Waals surface area contributed by atoms with Gasteiger partial charge in [0.15, 0.2) is 0 Å². The number of hydrogen-bond donors (Lipinski definition) is 3. The van der Waals surface area contributed by atoms with Crippen molar-refractivity contribution in [3.63, 3.8) is 0 Å². The van der Waals surface area contributed by atoms with Gasteiger partial charge in [-0.1, -0.05) is 49.5 Å². The van der Waals surface area contributed by atoms with Crippen molar-refractivity contribution < 1.29 is 14.7 Å². The fourth-order valence-electron chi connectivity index (χ4n) is 2.82. The van der Waals surface area contributed by atoms with E-state index in [4.69, 9.17) is 22.2 Å². The quantitative estimate of drug-likeness (QED) is 0.416. The van der Waals surface area contributed by atoms with Gasteiger partial charge in [-0.2, -0.15) is 0 Å². The van der Waals surface area contributed by atoms with Crippen LogP contribution in [-0.4, -0.2) is 28.8 Å². The molecule has 3 rings (SSSR count). The highest BCUT2D eigenvalue weighted by molar-refractivity contribution is 7.80. The molecule has 3 N–H and O–H groups in total. The van der Waals surface area contributed by atoms with Gasteiger partial charge in [-0.3, -0.25) is 15.5 Å². The number of hydrogen-bond acceptors (Lipinski definition) is 4. The fraction of sp³-hybridized carbons (Fsp3) is 0.182. The van der Waals surface area contributed by atoms with Gasteiger partial charge in [0, 0.05) is 11.1 Å². The molecule has 0 saturated carbocycles. The van der Waals surface area contributed by atoms with Gasteiger partial charge < -0.3 is 10.1 Å². The third-order valence-electron chi connectivity index (χ3n) is 4.51. The second kappa shape index (κ2) is 9.30. The maximum Gasteiger partial charge on any atom is 0.251 e. The summed E-state index contributed by atoms with van der Waals surface area (Å²) in [5.41, 5.74) is 3.28. The van der Waals surface area contributed by atoms with Gasteiger partial charge in [0.25, 0.3) is 5.91 Å². The van der Waals surface area contributed by atoms with Crippen molar-refractivity contribution in [1.82, 2.24) is 10.8 Å². The second-order valence-electron chi connectivity index (χ2n) is 6.42. The Balaban J connectivity index is 1.60. The molecule has 0 aromatic heterocycles. The van der Waals surface area contributed by atoms with Crippen LogP contribution in [0.25, 0.3) is 10.8 Å². The van der Waals surface area contributed by atoms with Crippen molar-refractivity contribution in [1.29, 1.82) is 0 Å². The smallest absolute Gasteiger partial charge is 0.251 e. The molecule has 0 aliphatic heterocycles. The molecule has 0 unspecified atom stereocenters. The molecule has 0 spiro atoms. The molecule has 3 aromatic rings. The van der Waals surface area contributed by atoms with Crippen LogP contribution in [0.15, 0.2) is 66.7 Å². The van der Waals surface area contributed by atoms with Gasteiger partial charge in [0.2, 0.25) is 0 Å². The topological polar surface area (TPSA) is 70.6 Å². The molecule has 144 valence electrons. The largest absolute Gasteiger partial charge is 0.491 e. The predicted molar refractivity (Wildman–Crippen MR) is 114 cm³/mol.